The van der Waals surface area contributed by atoms with E-state index in [0.29, 0.717) is 0 Å². The minimum Gasteiger partial charge on any atom is -0.398 e. The standard InChI is InChI=1S/C16H13BrN2S/c17-12-6-8-14(18)16(9-12)20-10-13-7-5-11-3-1-2-4-15(11)19-13/h1-9H,10,18H2. The quantitative estimate of drug-likeness (QED) is 0.544. The Morgan fingerprint density at radius 2 is 1.90 bits per heavy atom. The number of fused-ring (bicyclic) bond motifs is 1. The number of aromatic nitrogens is 1. The van der Waals surface area contributed by atoms with Crippen LogP contribution in [0.2, 0.25) is 0 Å². The molecule has 0 bridgehead atoms. The van der Waals surface area contributed by atoms with Crippen molar-refractivity contribution in [3.63, 3.8) is 0 Å². The van der Waals surface area contributed by atoms with E-state index in [2.05, 4.69) is 39.1 Å². The minimum atomic E-state index is 0.805. The van der Waals surface area contributed by atoms with Crippen LogP contribution >= 0.6 is 27.7 Å². The fraction of sp³-hybridized carbons (Fsp3) is 0.0625. The zero-order valence-corrected chi connectivity index (χ0v) is 13.1. The summed E-state index contributed by atoms with van der Waals surface area (Å²) in [6.45, 7) is 0. The molecule has 0 fully saturated rings. The van der Waals surface area contributed by atoms with Crippen molar-refractivity contribution in [3.05, 3.63) is 64.8 Å². The van der Waals surface area contributed by atoms with E-state index in [-0.39, 0.29) is 0 Å². The van der Waals surface area contributed by atoms with Crippen LogP contribution < -0.4 is 5.73 Å². The van der Waals surface area contributed by atoms with Gasteiger partial charge in [0.25, 0.3) is 0 Å². The van der Waals surface area contributed by atoms with Gasteiger partial charge in [-0.25, -0.2) is 0 Å². The number of hydrogen-bond acceptors (Lipinski definition) is 3. The highest BCUT2D eigenvalue weighted by atomic mass is 79.9. The molecule has 20 heavy (non-hydrogen) atoms. The van der Waals surface area contributed by atoms with Gasteiger partial charge in [-0.05, 0) is 30.3 Å². The molecular formula is C16H13BrN2S. The van der Waals surface area contributed by atoms with Crippen molar-refractivity contribution in [3.8, 4) is 0 Å². The van der Waals surface area contributed by atoms with Crippen LogP contribution in [0.4, 0.5) is 5.69 Å². The Labute approximate surface area is 130 Å². The van der Waals surface area contributed by atoms with Crippen LogP contribution in [0.1, 0.15) is 5.69 Å². The van der Waals surface area contributed by atoms with Gasteiger partial charge in [-0.1, -0.05) is 40.2 Å². The number of halogens is 1. The molecule has 2 N–H and O–H groups in total. The summed E-state index contributed by atoms with van der Waals surface area (Å²) in [6, 6.07) is 18.3. The molecule has 2 nitrogen and oxygen atoms in total. The SMILES string of the molecule is Nc1ccc(Br)cc1SCc1ccc2ccccc2n1. The first-order chi connectivity index (χ1) is 9.72. The van der Waals surface area contributed by atoms with E-state index in [1.165, 1.54) is 5.39 Å². The number of nitrogens with two attached hydrogens (primary N) is 1. The predicted molar refractivity (Wildman–Crippen MR) is 89.9 cm³/mol. The van der Waals surface area contributed by atoms with Crippen LogP contribution in [0.25, 0.3) is 10.9 Å². The smallest absolute Gasteiger partial charge is 0.0705 e. The van der Waals surface area contributed by atoms with Crippen molar-refractivity contribution in [1.29, 1.82) is 0 Å². The lowest BCUT2D eigenvalue weighted by Gasteiger charge is -2.06. The number of hydrogen-bond donors (Lipinski definition) is 1. The lowest BCUT2D eigenvalue weighted by molar-refractivity contribution is 1.22. The van der Waals surface area contributed by atoms with Crippen LogP contribution in [-0.4, -0.2) is 4.98 Å². The highest BCUT2D eigenvalue weighted by Crippen LogP contribution is 2.30. The van der Waals surface area contributed by atoms with Crippen molar-refractivity contribution >= 4 is 44.3 Å². The lowest BCUT2D eigenvalue weighted by atomic mass is 10.2. The molecule has 2 aromatic carbocycles. The van der Waals surface area contributed by atoms with Crippen LogP contribution in [-0.2, 0) is 5.75 Å². The van der Waals surface area contributed by atoms with Gasteiger partial charge < -0.3 is 5.73 Å². The third-order valence-electron chi connectivity index (χ3n) is 3.01. The molecule has 0 aliphatic carbocycles. The van der Waals surface area contributed by atoms with E-state index in [0.717, 1.165) is 32.0 Å². The molecule has 0 aliphatic rings. The van der Waals surface area contributed by atoms with Crippen molar-refractivity contribution in [1.82, 2.24) is 4.98 Å². The van der Waals surface area contributed by atoms with Gasteiger partial charge in [-0.15, -0.1) is 11.8 Å². The summed E-state index contributed by atoms with van der Waals surface area (Å²) in [5.74, 6) is 0.811. The van der Waals surface area contributed by atoms with E-state index in [4.69, 9.17) is 5.73 Å². The highest BCUT2D eigenvalue weighted by molar-refractivity contribution is 9.10. The molecule has 0 unspecified atom stereocenters. The molecule has 0 saturated heterocycles. The Hall–Kier alpha value is -1.52. The molecule has 1 aromatic heterocycles. The summed E-state index contributed by atoms with van der Waals surface area (Å²) in [7, 11) is 0. The molecule has 0 radical (unpaired) electrons. The monoisotopic (exact) mass is 344 g/mol. The van der Waals surface area contributed by atoms with E-state index < -0.39 is 0 Å². The van der Waals surface area contributed by atoms with Crippen molar-refractivity contribution in [2.45, 2.75) is 10.6 Å². The summed E-state index contributed by atoms with van der Waals surface area (Å²) in [4.78, 5) is 5.75. The maximum Gasteiger partial charge on any atom is 0.0705 e. The molecular weight excluding hydrogens is 332 g/mol. The molecule has 0 atom stereocenters. The minimum absolute atomic E-state index is 0.805. The maximum atomic E-state index is 5.98. The molecule has 100 valence electrons. The Balaban J connectivity index is 1.81. The molecule has 3 aromatic rings. The zero-order chi connectivity index (χ0) is 13.9. The number of anilines is 1. The first-order valence-corrected chi connectivity index (χ1v) is 8.03. The van der Waals surface area contributed by atoms with Gasteiger partial charge in [0.1, 0.15) is 0 Å². The average molecular weight is 345 g/mol. The van der Waals surface area contributed by atoms with Crippen molar-refractivity contribution < 1.29 is 0 Å². The molecule has 1 heterocycles. The van der Waals surface area contributed by atoms with Crippen LogP contribution in [0.3, 0.4) is 0 Å². The molecule has 0 aliphatic heterocycles. The van der Waals surface area contributed by atoms with Gasteiger partial charge >= 0.3 is 0 Å². The third kappa shape index (κ3) is 2.97. The number of benzene rings is 2. The van der Waals surface area contributed by atoms with E-state index >= 15 is 0 Å². The summed E-state index contributed by atoms with van der Waals surface area (Å²) >= 11 is 5.18. The summed E-state index contributed by atoms with van der Waals surface area (Å²) < 4.78 is 1.04. The number of thioether (sulfide) groups is 1. The number of pyridine rings is 1. The van der Waals surface area contributed by atoms with Gasteiger partial charge in [-0.3, -0.25) is 4.98 Å². The number of nitrogen functional groups attached to an aromatic ring is 1. The first kappa shape index (κ1) is 13.5. The maximum absolute atomic E-state index is 5.98. The lowest BCUT2D eigenvalue weighted by Crippen LogP contribution is -1.91. The Bertz CT molecular complexity index is 758. The fourth-order valence-corrected chi connectivity index (χ4v) is 3.40. The Morgan fingerprint density at radius 3 is 2.80 bits per heavy atom. The third-order valence-corrected chi connectivity index (χ3v) is 4.61. The van der Waals surface area contributed by atoms with Gasteiger partial charge in [0.2, 0.25) is 0 Å². The molecule has 0 amide bonds. The molecule has 0 spiro atoms. The first-order valence-electron chi connectivity index (χ1n) is 6.25. The topological polar surface area (TPSA) is 38.9 Å². The van der Waals surface area contributed by atoms with Crippen LogP contribution in [0.15, 0.2) is 64.0 Å². The number of para-hydroxylation sites is 1. The second-order valence-electron chi connectivity index (χ2n) is 4.47. The van der Waals surface area contributed by atoms with E-state index in [1.54, 1.807) is 11.8 Å². The molecule has 4 heteroatoms. The molecule has 3 rings (SSSR count). The normalized spacial score (nSPS) is 10.8. The number of nitrogens with zero attached hydrogens (tertiary/aromatic N) is 1. The second-order valence-corrected chi connectivity index (χ2v) is 6.40. The number of rotatable bonds is 3. The van der Waals surface area contributed by atoms with Gasteiger partial charge in [-0.2, -0.15) is 0 Å². The van der Waals surface area contributed by atoms with Gasteiger partial charge in [0, 0.05) is 26.2 Å². The summed E-state index contributed by atoms with van der Waals surface area (Å²) in [5, 5.41) is 1.17. The largest absolute Gasteiger partial charge is 0.398 e. The van der Waals surface area contributed by atoms with Crippen LogP contribution in [0.5, 0.6) is 0 Å². The fourth-order valence-electron chi connectivity index (χ4n) is 1.97. The van der Waals surface area contributed by atoms with E-state index in [1.807, 2.05) is 36.4 Å². The average Bonchev–Trinajstić information content (AvgIpc) is 2.48. The second kappa shape index (κ2) is 5.85. The molecule has 0 saturated carbocycles. The predicted octanol–water partition coefficient (Wildman–Crippen LogP) is 4.87. The van der Waals surface area contributed by atoms with Gasteiger partial charge in [0.05, 0.1) is 11.2 Å². The van der Waals surface area contributed by atoms with Crippen molar-refractivity contribution in [2.24, 2.45) is 0 Å². The summed E-state index contributed by atoms with van der Waals surface area (Å²) in [5.41, 5.74) is 8.88. The van der Waals surface area contributed by atoms with Crippen molar-refractivity contribution in [2.75, 3.05) is 5.73 Å². The zero-order valence-electron chi connectivity index (χ0n) is 10.7. The van der Waals surface area contributed by atoms with Gasteiger partial charge in [0.15, 0.2) is 0 Å². The Morgan fingerprint density at radius 1 is 1.05 bits per heavy atom. The highest BCUT2D eigenvalue weighted by Gasteiger charge is 2.03. The summed E-state index contributed by atoms with van der Waals surface area (Å²) in [6.07, 6.45) is 0. The van der Waals surface area contributed by atoms with E-state index in [9.17, 15) is 0 Å². The Kier molecular flexibility index (Phi) is 3.94. The van der Waals surface area contributed by atoms with Crippen LogP contribution in [0, 0.1) is 0 Å².